The van der Waals surface area contributed by atoms with E-state index >= 15 is 0 Å². The lowest BCUT2D eigenvalue weighted by Gasteiger charge is -2.18. The summed E-state index contributed by atoms with van der Waals surface area (Å²) in [5.74, 6) is 1.74. The largest absolute Gasteiger partial charge is 0.488 e. The molecule has 0 spiro atoms. The highest BCUT2D eigenvalue weighted by atomic mass is 32.1. The minimum absolute atomic E-state index is 0.152. The maximum Gasteiger partial charge on any atom is 0.191 e. The lowest BCUT2D eigenvalue weighted by Crippen LogP contribution is -2.37. The van der Waals surface area contributed by atoms with E-state index in [0.717, 1.165) is 43.3 Å². The van der Waals surface area contributed by atoms with Gasteiger partial charge in [-0.15, -0.1) is 11.3 Å². The molecule has 1 fully saturated rings. The van der Waals surface area contributed by atoms with Crippen LogP contribution in [-0.4, -0.2) is 38.9 Å². The molecule has 1 aromatic heterocycles. The van der Waals surface area contributed by atoms with Crippen LogP contribution in [0.1, 0.15) is 22.4 Å². The maximum atomic E-state index is 6.16. The molecule has 1 aliphatic heterocycles. The zero-order valence-electron chi connectivity index (χ0n) is 15.5. The van der Waals surface area contributed by atoms with Crippen LogP contribution in [0.4, 0.5) is 0 Å². The number of rotatable bonds is 7. The SMILES string of the molecule is CN=C(NCCc1cccs1)NCc1ccc(C)cc1OC1CCOC1. The summed E-state index contributed by atoms with van der Waals surface area (Å²) in [5.41, 5.74) is 2.32. The quantitative estimate of drug-likeness (QED) is 0.578. The Morgan fingerprint density at radius 2 is 2.27 bits per heavy atom. The highest BCUT2D eigenvalue weighted by Crippen LogP contribution is 2.23. The monoisotopic (exact) mass is 373 g/mol. The van der Waals surface area contributed by atoms with Crippen molar-refractivity contribution in [2.24, 2.45) is 4.99 Å². The van der Waals surface area contributed by atoms with E-state index in [4.69, 9.17) is 9.47 Å². The smallest absolute Gasteiger partial charge is 0.191 e. The summed E-state index contributed by atoms with van der Waals surface area (Å²) in [6.07, 6.45) is 2.10. The molecule has 1 atom stereocenters. The van der Waals surface area contributed by atoms with E-state index in [1.165, 1.54) is 10.4 Å². The summed E-state index contributed by atoms with van der Waals surface area (Å²) in [5, 5.41) is 8.86. The maximum absolute atomic E-state index is 6.16. The molecule has 0 aliphatic carbocycles. The average Bonchev–Trinajstić information content (AvgIpc) is 3.33. The van der Waals surface area contributed by atoms with Gasteiger partial charge in [-0.25, -0.2) is 0 Å². The van der Waals surface area contributed by atoms with Crippen LogP contribution in [0, 0.1) is 6.92 Å². The van der Waals surface area contributed by atoms with Crippen LogP contribution < -0.4 is 15.4 Å². The number of thiophene rings is 1. The van der Waals surface area contributed by atoms with Gasteiger partial charge in [-0.05, 0) is 36.4 Å². The van der Waals surface area contributed by atoms with Crippen LogP contribution in [-0.2, 0) is 17.7 Å². The first-order valence-electron chi connectivity index (χ1n) is 9.05. The molecule has 3 rings (SSSR count). The van der Waals surface area contributed by atoms with E-state index in [2.05, 4.69) is 58.3 Å². The minimum Gasteiger partial charge on any atom is -0.488 e. The van der Waals surface area contributed by atoms with Crippen LogP contribution in [0.3, 0.4) is 0 Å². The number of benzene rings is 1. The molecule has 0 bridgehead atoms. The van der Waals surface area contributed by atoms with Gasteiger partial charge in [-0.3, -0.25) is 4.99 Å². The van der Waals surface area contributed by atoms with Crippen molar-refractivity contribution >= 4 is 17.3 Å². The molecule has 1 saturated heterocycles. The van der Waals surface area contributed by atoms with Gasteiger partial charge in [0.25, 0.3) is 0 Å². The third-order valence-corrected chi connectivity index (χ3v) is 5.25. The highest BCUT2D eigenvalue weighted by molar-refractivity contribution is 7.09. The minimum atomic E-state index is 0.152. The van der Waals surface area contributed by atoms with E-state index in [0.29, 0.717) is 13.2 Å². The lowest BCUT2D eigenvalue weighted by molar-refractivity contribution is 0.140. The number of aliphatic imine (C=N–C) groups is 1. The standard InChI is InChI=1S/C20H27N3O2S/c1-15-5-6-16(19(12-15)25-17-8-10-24-14-17)13-23-20(21-2)22-9-7-18-4-3-11-26-18/h3-6,11-12,17H,7-10,13-14H2,1-2H3,(H2,21,22,23). The van der Waals surface area contributed by atoms with Gasteiger partial charge >= 0.3 is 0 Å². The fraction of sp³-hybridized carbons (Fsp3) is 0.450. The van der Waals surface area contributed by atoms with E-state index in [9.17, 15) is 0 Å². The molecule has 2 aromatic rings. The van der Waals surface area contributed by atoms with E-state index < -0.39 is 0 Å². The molecule has 1 unspecified atom stereocenters. The first-order valence-corrected chi connectivity index (χ1v) is 9.93. The van der Waals surface area contributed by atoms with Gasteiger partial charge in [-0.1, -0.05) is 18.2 Å². The van der Waals surface area contributed by atoms with Gasteiger partial charge < -0.3 is 20.1 Å². The van der Waals surface area contributed by atoms with Crippen LogP contribution in [0.5, 0.6) is 5.75 Å². The normalized spacial score (nSPS) is 17.3. The first kappa shape index (κ1) is 18.7. The topological polar surface area (TPSA) is 54.9 Å². The third-order valence-electron chi connectivity index (χ3n) is 4.32. The summed E-state index contributed by atoms with van der Waals surface area (Å²) in [4.78, 5) is 5.69. The lowest BCUT2D eigenvalue weighted by atomic mass is 10.1. The van der Waals surface area contributed by atoms with Crippen LogP contribution in [0.25, 0.3) is 0 Å². The van der Waals surface area contributed by atoms with Gasteiger partial charge in [0.1, 0.15) is 11.9 Å². The van der Waals surface area contributed by atoms with E-state index in [-0.39, 0.29) is 6.10 Å². The first-order chi connectivity index (χ1) is 12.7. The highest BCUT2D eigenvalue weighted by Gasteiger charge is 2.18. The third kappa shape index (κ3) is 5.47. The Hall–Kier alpha value is -2.05. The Morgan fingerprint density at radius 1 is 1.35 bits per heavy atom. The molecule has 0 saturated carbocycles. The number of hydrogen-bond acceptors (Lipinski definition) is 4. The average molecular weight is 374 g/mol. The van der Waals surface area contributed by atoms with Gasteiger partial charge in [0.2, 0.25) is 0 Å². The Balaban J connectivity index is 1.53. The predicted molar refractivity (Wildman–Crippen MR) is 107 cm³/mol. The Labute approximate surface area is 159 Å². The predicted octanol–water partition coefficient (Wildman–Crippen LogP) is 3.13. The second-order valence-corrected chi connectivity index (χ2v) is 7.43. The summed E-state index contributed by atoms with van der Waals surface area (Å²) in [6.45, 7) is 5.07. The van der Waals surface area contributed by atoms with Crippen molar-refractivity contribution in [2.75, 3.05) is 26.8 Å². The number of nitrogens with zero attached hydrogens (tertiary/aromatic N) is 1. The van der Waals surface area contributed by atoms with Crippen molar-refractivity contribution in [3.63, 3.8) is 0 Å². The molecule has 0 radical (unpaired) electrons. The number of aryl methyl sites for hydroxylation is 1. The number of ether oxygens (including phenoxy) is 2. The van der Waals surface area contributed by atoms with Gasteiger partial charge in [0.15, 0.2) is 5.96 Å². The Bertz CT molecular complexity index is 710. The van der Waals surface area contributed by atoms with E-state index in [1.54, 1.807) is 18.4 Å². The molecule has 26 heavy (non-hydrogen) atoms. The second-order valence-electron chi connectivity index (χ2n) is 6.40. The molecular formula is C20H27N3O2S. The number of nitrogens with one attached hydrogen (secondary N) is 2. The Morgan fingerprint density at radius 3 is 3.00 bits per heavy atom. The molecular weight excluding hydrogens is 346 g/mol. The van der Waals surface area contributed by atoms with Crippen molar-refractivity contribution in [1.82, 2.24) is 10.6 Å². The van der Waals surface area contributed by atoms with Crippen LogP contribution in [0.15, 0.2) is 40.7 Å². The van der Waals surface area contributed by atoms with Crippen LogP contribution >= 0.6 is 11.3 Å². The van der Waals surface area contributed by atoms with Crippen molar-refractivity contribution < 1.29 is 9.47 Å². The summed E-state index contributed by atoms with van der Waals surface area (Å²) >= 11 is 1.78. The van der Waals surface area contributed by atoms with E-state index in [1.807, 2.05) is 0 Å². The summed E-state index contributed by atoms with van der Waals surface area (Å²) in [7, 11) is 1.79. The van der Waals surface area contributed by atoms with Gasteiger partial charge in [0, 0.05) is 37.0 Å². The molecule has 2 heterocycles. The second kappa shape index (κ2) is 9.59. The molecule has 6 heteroatoms. The fourth-order valence-corrected chi connectivity index (χ4v) is 3.57. The van der Waals surface area contributed by atoms with Crippen molar-refractivity contribution in [3.8, 4) is 5.75 Å². The molecule has 1 aromatic carbocycles. The number of hydrogen-bond donors (Lipinski definition) is 2. The molecule has 5 nitrogen and oxygen atoms in total. The fourth-order valence-electron chi connectivity index (χ4n) is 2.86. The van der Waals surface area contributed by atoms with Gasteiger partial charge in [-0.2, -0.15) is 0 Å². The number of guanidine groups is 1. The zero-order valence-corrected chi connectivity index (χ0v) is 16.3. The molecule has 140 valence electrons. The summed E-state index contributed by atoms with van der Waals surface area (Å²) in [6, 6.07) is 10.6. The van der Waals surface area contributed by atoms with Crippen molar-refractivity contribution in [2.45, 2.75) is 32.4 Å². The zero-order chi connectivity index (χ0) is 18.2. The van der Waals surface area contributed by atoms with Gasteiger partial charge in [0.05, 0.1) is 13.2 Å². The van der Waals surface area contributed by atoms with Crippen LogP contribution in [0.2, 0.25) is 0 Å². The molecule has 2 N–H and O–H groups in total. The molecule has 0 amide bonds. The van der Waals surface area contributed by atoms with Crippen molar-refractivity contribution in [3.05, 3.63) is 51.7 Å². The summed E-state index contributed by atoms with van der Waals surface area (Å²) < 4.78 is 11.6. The van der Waals surface area contributed by atoms with Crippen molar-refractivity contribution in [1.29, 1.82) is 0 Å². The Kier molecular flexibility index (Phi) is 6.91. The molecule has 1 aliphatic rings.